The van der Waals surface area contributed by atoms with Crippen molar-refractivity contribution in [1.82, 2.24) is 15.1 Å². The lowest BCUT2D eigenvalue weighted by molar-refractivity contribution is -0.164. The summed E-state index contributed by atoms with van der Waals surface area (Å²) in [5.74, 6) is -1.28. The van der Waals surface area contributed by atoms with E-state index in [0.717, 1.165) is 6.20 Å². The fourth-order valence-electron chi connectivity index (χ4n) is 2.44. The molecule has 1 heterocycles. The van der Waals surface area contributed by atoms with Crippen LogP contribution in [0.3, 0.4) is 0 Å². The number of alkyl halides is 3. The molecule has 1 aromatic carbocycles. The van der Waals surface area contributed by atoms with E-state index in [0.29, 0.717) is 12.0 Å². The molecule has 1 aromatic heterocycles. The molecule has 2 aromatic rings. The van der Waals surface area contributed by atoms with Gasteiger partial charge in [0.25, 0.3) is 0 Å². The zero-order valence-electron chi connectivity index (χ0n) is 12.8. The van der Waals surface area contributed by atoms with Gasteiger partial charge in [0.15, 0.2) is 6.04 Å². The molecule has 4 nitrogen and oxygen atoms in total. The second-order valence-electron chi connectivity index (χ2n) is 5.30. The topological polar surface area (TPSA) is 46.9 Å². The number of aryl methyl sites for hydroxylation is 1. The molecule has 1 amide bonds. The third-order valence-electron chi connectivity index (χ3n) is 3.60. The molecule has 124 valence electrons. The first kappa shape index (κ1) is 17.1. The number of halogens is 3. The number of amides is 1. The van der Waals surface area contributed by atoms with Crippen molar-refractivity contribution in [2.24, 2.45) is 7.05 Å². The fraction of sp³-hybridized carbons (Fsp3) is 0.375. The summed E-state index contributed by atoms with van der Waals surface area (Å²) in [5.41, 5.74) is 0.607. The minimum Gasteiger partial charge on any atom is -0.340 e. The Morgan fingerprint density at radius 1 is 1.26 bits per heavy atom. The van der Waals surface area contributed by atoms with Gasteiger partial charge in [-0.05, 0) is 12.0 Å². The smallest absolute Gasteiger partial charge is 0.340 e. The minimum atomic E-state index is -4.59. The van der Waals surface area contributed by atoms with Crippen molar-refractivity contribution in [3.05, 3.63) is 53.9 Å². The maximum atomic E-state index is 13.3. The van der Waals surface area contributed by atoms with Crippen molar-refractivity contribution < 1.29 is 18.0 Å². The summed E-state index contributed by atoms with van der Waals surface area (Å²) in [4.78, 5) is 12.4. The minimum absolute atomic E-state index is 0.0868. The summed E-state index contributed by atoms with van der Waals surface area (Å²) in [6.07, 6.45) is -1.81. The van der Waals surface area contributed by atoms with Crippen molar-refractivity contribution in [2.45, 2.75) is 31.5 Å². The van der Waals surface area contributed by atoms with E-state index in [1.165, 1.54) is 17.9 Å². The van der Waals surface area contributed by atoms with Crippen LogP contribution >= 0.6 is 0 Å². The molecule has 0 saturated carbocycles. The van der Waals surface area contributed by atoms with Gasteiger partial charge in [0, 0.05) is 18.8 Å². The molecule has 2 atom stereocenters. The maximum absolute atomic E-state index is 13.3. The zero-order chi connectivity index (χ0) is 17.0. The standard InChI is InChI=1S/C16H18F3N3O/c1-3-13(11-7-5-4-6-8-11)15(23)21-14(16(17,18)19)12-9-20-22(2)10-12/h4-10,13-14H,3H2,1-2H3,(H,21,23)/t13-,14-/m0/s1. The molecule has 1 N–H and O–H groups in total. The first-order valence-corrected chi connectivity index (χ1v) is 7.23. The predicted molar refractivity (Wildman–Crippen MR) is 79.6 cm³/mol. The number of aromatic nitrogens is 2. The molecule has 0 bridgehead atoms. The highest BCUT2D eigenvalue weighted by Crippen LogP contribution is 2.33. The molecule has 23 heavy (non-hydrogen) atoms. The van der Waals surface area contributed by atoms with E-state index in [2.05, 4.69) is 10.4 Å². The number of carbonyl (C=O) groups excluding carboxylic acids is 1. The number of nitrogens with one attached hydrogen (secondary N) is 1. The van der Waals surface area contributed by atoms with Gasteiger partial charge in [0.2, 0.25) is 5.91 Å². The van der Waals surface area contributed by atoms with Gasteiger partial charge in [-0.2, -0.15) is 18.3 Å². The summed E-state index contributed by atoms with van der Waals surface area (Å²) in [5, 5.41) is 5.87. The van der Waals surface area contributed by atoms with Crippen molar-refractivity contribution in [3.63, 3.8) is 0 Å². The van der Waals surface area contributed by atoms with Crippen molar-refractivity contribution in [2.75, 3.05) is 0 Å². The summed E-state index contributed by atoms with van der Waals surface area (Å²) in [7, 11) is 1.53. The molecule has 0 spiro atoms. The van der Waals surface area contributed by atoms with Crippen LogP contribution in [0.5, 0.6) is 0 Å². The molecule has 0 unspecified atom stereocenters. The third kappa shape index (κ3) is 4.12. The Labute approximate surface area is 132 Å². The van der Waals surface area contributed by atoms with Crippen LogP contribution in [0.15, 0.2) is 42.7 Å². The molecule has 0 aliphatic rings. The van der Waals surface area contributed by atoms with E-state index in [-0.39, 0.29) is 5.56 Å². The van der Waals surface area contributed by atoms with Crippen LogP contribution in [0.2, 0.25) is 0 Å². The maximum Gasteiger partial charge on any atom is 0.412 e. The monoisotopic (exact) mass is 325 g/mol. The van der Waals surface area contributed by atoms with Crippen LogP contribution in [0.4, 0.5) is 13.2 Å². The molecule has 0 aliphatic heterocycles. The van der Waals surface area contributed by atoms with Gasteiger partial charge in [0.05, 0.1) is 12.1 Å². The normalized spacial score (nSPS) is 14.3. The number of hydrogen-bond donors (Lipinski definition) is 1. The second kappa shape index (κ2) is 6.85. The highest BCUT2D eigenvalue weighted by atomic mass is 19.4. The number of carbonyl (C=O) groups is 1. The number of hydrogen-bond acceptors (Lipinski definition) is 2. The van der Waals surface area contributed by atoms with Crippen LogP contribution < -0.4 is 5.32 Å². The second-order valence-corrected chi connectivity index (χ2v) is 5.30. The van der Waals surface area contributed by atoms with E-state index >= 15 is 0 Å². The molecule has 0 saturated heterocycles. The molecule has 7 heteroatoms. The predicted octanol–water partition coefficient (Wildman–Crippen LogP) is 3.33. The molecule has 0 radical (unpaired) electrons. The Kier molecular flexibility index (Phi) is 5.08. The van der Waals surface area contributed by atoms with Gasteiger partial charge < -0.3 is 5.32 Å². The van der Waals surface area contributed by atoms with Crippen molar-refractivity contribution >= 4 is 5.91 Å². The Balaban J connectivity index is 2.23. The van der Waals surface area contributed by atoms with Gasteiger partial charge in [-0.1, -0.05) is 37.3 Å². The third-order valence-corrected chi connectivity index (χ3v) is 3.60. The van der Waals surface area contributed by atoms with E-state index < -0.39 is 24.0 Å². The highest BCUT2D eigenvalue weighted by molar-refractivity contribution is 5.84. The number of benzene rings is 1. The molecule has 0 aliphatic carbocycles. The van der Waals surface area contributed by atoms with Crippen molar-refractivity contribution in [3.8, 4) is 0 Å². The number of rotatable bonds is 5. The van der Waals surface area contributed by atoms with Crippen LogP contribution in [0, 0.1) is 0 Å². The van der Waals surface area contributed by atoms with E-state index in [1.54, 1.807) is 37.3 Å². The number of nitrogens with zero attached hydrogens (tertiary/aromatic N) is 2. The largest absolute Gasteiger partial charge is 0.412 e. The lowest BCUT2D eigenvalue weighted by Crippen LogP contribution is -2.40. The fourth-order valence-corrected chi connectivity index (χ4v) is 2.44. The van der Waals surface area contributed by atoms with E-state index in [1.807, 2.05) is 0 Å². The van der Waals surface area contributed by atoms with E-state index in [9.17, 15) is 18.0 Å². The Bertz CT molecular complexity index is 652. The average Bonchev–Trinajstić information content (AvgIpc) is 2.91. The van der Waals surface area contributed by atoms with Gasteiger partial charge in [0.1, 0.15) is 0 Å². The lowest BCUT2D eigenvalue weighted by atomic mass is 9.95. The Morgan fingerprint density at radius 2 is 1.91 bits per heavy atom. The quantitative estimate of drug-likeness (QED) is 0.916. The van der Waals surface area contributed by atoms with Crippen LogP contribution in [0.1, 0.15) is 36.4 Å². The summed E-state index contributed by atoms with van der Waals surface area (Å²) in [6, 6.07) is 6.71. The molecule has 0 fully saturated rings. The zero-order valence-corrected chi connectivity index (χ0v) is 12.8. The van der Waals surface area contributed by atoms with Gasteiger partial charge in [-0.25, -0.2) is 0 Å². The molecule has 2 rings (SSSR count). The highest BCUT2D eigenvalue weighted by Gasteiger charge is 2.43. The first-order valence-electron chi connectivity index (χ1n) is 7.23. The molecular weight excluding hydrogens is 307 g/mol. The van der Waals surface area contributed by atoms with Crippen LogP contribution in [-0.2, 0) is 11.8 Å². The van der Waals surface area contributed by atoms with Crippen LogP contribution in [-0.4, -0.2) is 21.9 Å². The summed E-state index contributed by atoms with van der Waals surface area (Å²) < 4.78 is 41.2. The lowest BCUT2D eigenvalue weighted by Gasteiger charge is -2.23. The van der Waals surface area contributed by atoms with Gasteiger partial charge in [-0.15, -0.1) is 0 Å². The SMILES string of the molecule is CC[C@H](C(=O)N[C@@H](c1cnn(C)c1)C(F)(F)F)c1ccccc1. The van der Waals surface area contributed by atoms with Gasteiger partial charge in [-0.3, -0.25) is 9.48 Å². The average molecular weight is 325 g/mol. The summed E-state index contributed by atoms with van der Waals surface area (Å²) >= 11 is 0. The Hall–Kier alpha value is -2.31. The Morgan fingerprint density at radius 3 is 2.39 bits per heavy atom. The van der Waals surface area contributed by atoms with Gasteiger partial charge >= 0.3 is 6.18 Å². The van der Waals surface area contributed by atoms with E-state index in [4.69, 9.17) is 0 Å². The first-order chi connectivity index (χ1) is 10.8. The van der Waals surface area contributed by atoms with Crippen molar-refractivity contribution in [1.29, 1.82) is 0 Å². The summed E-state index contributed by atoms with van der Waals surface area (Å²) in [6.45, 7) is 1.77. The van der Waals surface area contributed by atoms with Crippen LogP contribution in [0.25, 0.3) is 0 Å². The molecular formula is C16H18F3N3O.